The van der Waals surface area contributed by atoms with Gasteiger partial charge in [0.25, 0.3) is 0 Å². The third-order valence-electron chi connectivity index (χ3n) is 3.85. The Labute approximate surface area is 146 Å². The van der Waals surface area contributed by atoms with Gasteiger partial charge >= 0.3 is 0 Å². The molecule has 0 aromatic heterocycles. The quantitative estimate of drug-likeness (QED) is 0.487. The van der Waals surface area contributed by atoms with E-state index in [-0.39, 0.29) is 0 Å². The maximum absolute atomic E-state index is 2.28. The molecular formula is C23H27N. The number of benzene rings is 3. The summed E-state index contributed by atoms with van der Waals surface area (Å²) in [6, 6.07) is 29.8. The van der Waals surface area contributed by atoms with Crippen LogP contribution in [0.3, 0.4) is 0 Å². The summed E-state index contributed by atoms with van der Waals surface area (Å²) in [5.74, 6) is 0.552. The number of hydrogen-bond donors (Lipinski definition) is 0. The highest BCUT2D eigenvalue weighted by Gasteiger charge is 2.11. The van der Waals surface area contributed by atoms with Gasteiger partial charge in [-0.1, -0.05) is 76.2 Å². The van der Waals surface area contributed by atoms with Crippen molar-refractivity contribution in [2.45, 2.75) is 33.6 Å². The van der Waals surface area contributed by atoms with Gasteiger partial charge in [0.1, 0.15) is 0 Å². The Morgan fingerprint density at radius 2 is 0.917 bits per heavy atom. The molecule has 0 heterocycles. The van der Waals surface area contributed by atoms with Gasteiger partial charge in [-0.15, -0.1) is 0 Å². The van der Waals surface area contributed by atoms with Crippen molar-refractivity contribution in [3.8, 4) is 0 Å². The predicted molar refractivity (Wildman–Crippen MR) is 107 cm³/mol. The van der Waals surface area contributed by atoms with Gasteiger partial charge in [0.2, 0.25) is 0 Å². The fourth-order valence-corrected chi connectivity index (χ4v) is 2.61. The van der Waals surface area contributed by atoms with Crippen LogP contribution in [0.4, 0.5) is 17.1 Å². The Kier molecular flexibility index (Phi) is 6.62. The van der Waals surface area contributed by atoms with Crippen molar-refractivity contribution in [3.63, 3.8) is 0 Å². The van der Waals surface area contributed by atoms with E-state index in [1.807, 2.05) is 13.8 Å². The maximum atomic E-state index is 2.28. The lowest BCUT2D eigenvalue weighted by Gasteiger charge is -2.25. The molecule has 0 amide bonds. The number of hydrogen-bond acceptors (Lipinski definition) is 1. The average Bonchev–Trinajstić information content (AvgIpc) is 2.66. The minimum absolute atomic E-state index is 0.552. The van der Waals surface area contributed by atoms with Crippen LogP contribution in [0.25, 0.3) is 0 Å². The summed E-state index contributed by atoms with van der Waals surface area (Å²) in [5.41, 5.74) is 4.89. The van der Waals surface area contributed by atoms with Crippen molar-refractivity contribution in [2.24, 2.45) is 0 Å². The molecule has 1 nitrogen and oxygen atoms in total. The zero-order chi connectivity index (χ0) is 17.4. The van der Waals surface area contributed by atoms with E-state index in [4.69, 9.17) is 0 Å². The van der Waals surface area contributed by atoms with Crippen molar-refractivity contribution in [1.29, 1.82) is 0 Å². The summed E-state index contributed by atoms with van der Waals surface area (Å²) in [5, 5.41) is 0. The van der Waals surface area contributed by atoms with Crippen LogP contribution >= 0.6 is 0 Å². The lowest BCUT2D eigenvalue weighted by Crippen LogP contribution is -2.09. The summed E-state index contributed by atoms with van der Waals surface area (Å²) in [6.45, 7) is 8.45. The Bertz CT molecular complexity index is 661. The second kappa shape index (κ2) is 8.93. The van der Waals surface area contributed by atoms with E-state index in [1.54, 1.807) is 0 Å². The van der Waals surface area contributed by atoms with Crippen molar-refractivity contribution in [1.82, 2.24) is 0 Å². The number of anilines is 3. The van der Waals surface area contributed by atoms with Gasteiger partial charge in [-0.25, -0.2) is 0 Å². The van der Waals surface area contributed by atoms with E-state index in [0.717, 1.165) is 0 Å². The molecule has 0 saturated heterocycles. The second-order valence-corrected chi connectivity index (χ2v) is 5.75. The largest absolute Gasteiger partial charge is 0.311 e. The summed E-state index contributed by atoms with van der Waals surface area (Å²) in [6.07, 6.45) is 0. The molecule has 0 unspecified atom stereocenters. The molecule has 0 aliphatic rings. The number of para-hydroxylation sites is 2. The summed E-state index contributed by atoms with van der Waals surface area (Å²) in [7, 11) is 0. The Morgan fingerprint density at radius 1 is 0.542 bits per heavy atom. The summed E-state index contributed by atoms with van der Waals surface area (Å²) in [4.78, 5) is 2.28. The molecule has 1 heteroatoms. The lowest BCUT2D eigenvalue weighted by atomic mass is 10.0. The highest BCUT2D eigenvalue weighted by Crippen LogP contribution is 2.34. The first-order valence-corrected chi connectivity index (χ1v) is 8.76. The van der Waals surface area contributed by atoms with Gasteiger partial charge in [-0.05, 0) is 47.9 Å². The molecule has 0 aliphatic carbocycles. The first-order chi connectivity index (χ1) is 11.8. The van der Waals surface area contributed by atoms with Crippen LogP contribution in [-0.4, -0.2) is 0 Å². The van der Waals surface area contributed by atoms with Crippen LogP contribution < -0.4 is 4.90 Å². The number of nitrogens with zero attached hydrogens (tertiary/aromatic N) is 1. The highest BCUT2D eigenvalue weighted by molar-refractivity contribution is 5.76. The fraction of sp³-hybridized carbons (Fsp3) is 0.217. The third-order valence-corrected chi connectivity index (χ3v) is 3.85. The molecule has 0 atom stereocenters. The molecule has 124 valence electrons. The smallest absolute Gasteiger partial charge is 0.0461 e. The van der Waals surface area contributed by atoms with Crippen LogP contribution in [0.2, 0.25) is 0 Å². The third kappa shape index (κ3) is 4.26. The zero-order valence-electron chi connectivity index (χ0n) is 15.1. The Balaban J connectivity index is 0.00000100. The Hall–Kier alpha value is -2.54. The fourth-order valence-electron chi connectivity index (χ4n) is 2.61. The predicted octanol–water partition coefficient (Wildman–Crippen LogP) is 7.31. The van der Waals surface area contributed by atoms with E-state index in [1.165, 1.54) is 22.6 Å². The second-order valence-electron chi connectivity index (χ2n) is 5.75. The average molecular weight is 317 g/mol. The Morgan fingerprint density at radius 3 is 1.29 bits per heavy atom. The van der Waals surface area contributed by atoms with Crippen LogP contribution in [0, 0.1) is 0 Å². The molecule has 0 bridgehead atoms. The molecule has 24 heavy (non-hydrogen) atoms. The van der Waals surface area contributed by atoms with E-state index >= 15 is 0 Å². The van der Waals surface area contributed by atoms with E-state index in [2.05, 4.69) is 104 Å². The van der Waals surface area contributed by atoms with Gasteiger partial charge in [0.05, 0.1) is 0 Å². The van der Waals surface area contributed by atoms with E-state index < -0.39 is 0 Å². The topological polar surface area (TPSA) is 3.24 Å². The molecule has 3 aromatic rings. The molecule has 3 aromatic carbocycles. The summed E-state index contributed by atoms with van der Waals surface area (Å²) < 4.78 is 0. The van der Waals surface area contributed by atoms with Crippen molar-refractivity contribution in [3.05, 3.63) is 90.5 Å². The van der Waals surface area contributed by atoms with Crippen LogP contribution in [-0.2, 0) is 0 Å². The molecule has 0 N–H and O–H groups in total. The minimum atomic E-state index is 0.552. The standard InChI is InChI=1S/C21H21N.C2H6/c1-17(2)18-13-15-21(16-14-18)22(19-9-5-3-6-10-19)20-11-7-4-8-12-20;1-2/h3-17H,1-2H3;1-2H3. The molecule has 0 aliphatic heterocycles. The first kappa shape index (κ1) is 17.8. The monoisotopic (exact) mass is 317 g/mol. The molecule has 3 rings (SSSR count). The molecule has 0 spiro atoms. The van der Waals surface area contributed by atoms with Gasteiger partial charge in [-0.3, -0.25) is 0 Å². The summed E-state index contributed by atoms with van der Waals surface area (Å²) >= 11 is 0. The normalized spacial score (nSPS) is 10.0. The van der Waals surface area contributed by atoms with Crippen molar-refractivity contribution >= 4 is 17.1 Å². The van der Waals surface area contributed by atoms with Crippen LogP contribution in [0.5, 0.6) is 0 Å². The molecule has 0 saturated carbocycles. The van der Waals surface area contributed by atoms with Crippen molar-refractivity contribution < 1.29 is 0 Å². The van der Waals surface area contributed by atoms with Gasteiger partial charge in [-0.2, -0.15) is 0 Å². The molecular weight excluding hydrogens is 290 g/mol. The minimum Gasteiger partial charge on any atom is -0.311 e. The highest BCUT2D eigenvalue weighted by atomic mass is 15.1. The lowest BCUT2D eigenvalue weighted by molar-refractivity contribution is 0.866. The first-order valence-electron chi connectivity index (χ1n) is 8.76. The molecule has 0 fully saturated rings. The van der Waals surface area contributed by atoms with Crippen LogP contribution in [0.15, 0.2) is 84.9 Å². The van der Waals surface area contributed by atoms with Gasteiger partial charge < -0.3 is 4.90 Å². The SMILES string of the molecule is CC.CC(C)c1ccc(N(c2ccccc2)c2ccccc2)cc1. The van der Waals surface area contributed by atoms with E-state index in [0.29, 0.717) is 5.92 Å². The van der Waals surface area contributed by atoms with E-state index in [9.17, 15) is 0 Å². The zero-order valence-corrected chi connectivity index (χ0v) is 15.1. The van der Waals surface area contributed by atoms with Crippen LogP contribution in [0.1, 0.15) is 39.2 Å². The van der Waals surface area contributed by atoms with Crippen molar-refractivity contribution in [2.75, 3.05) is 4.90 Å². The molecule has 0 radical (unpaired) electrons. The maximum Gasteiger partial charge on any atom is 0.0461 e. The number of rotatable bonds is 4. The van der Waals surface area contributed by atoms with Gasteiger partial charge in [0, 0.05) is 17.1 Å². The van der Waals surface area contributed by atoms with Gasteiger partial charge in [0.15, 0.2) is 0 Å².